The lowest BCUT2D eigenvalue weighted by Gasteiger charge is -1.97. The average molecular weight is 146 g/mol. The minimum Gasteiger partial charge on any atom is -0.211 e. The van der Waals surface area contributed by atoms with E-state index in [-0.39, 0.29) is 0 Å². The molecule has 0 fully saturated rings. The third kappa shape index (κ3) is 1.76. The number of aliphatic imine (C=N–C) groups is 1. The SMILES string of the molecule is C[CH]c1ccccc1N=C=O. The smallest absolute Gasteiger partial charge is 0.211 e. The summed E-state index contributed by atoms with van der Waals surface area (Å²) >= 11 is 0. The van der Waals surface area contributed by atoms with E-state index in [0.29, 0.717) is 5.69 Å². The lowest BCUT2D eigenvalue weighted by Crippen LogP contribution is -1.76. The Hall–Kier alpha value is -1.40. The maximum atomic E-state index is 9.94. The van der Waals surface area contributed by atoms with Crippen LogP contribution in [-0.4, -0.2) is 6.08 Å². The highest BCUT2D eigenvalue weighted by molar-refractivity contribution is 5.55. The van der Waals surface area contributed by atoms with Crippen molar-refractivity contribution in [1.29, 1.82) is 0 Å². The van der Waals surface area contributed by atoms with Gasteiger partial charge < -0.3 is 0 Å². The monoisotopic (exact) mass is 146 g/mol. The van der Waals surface area contributed by atoms with Gasteiger partial charge in [0.05, 0.1) is 5.69 Å². The van der Waals surface area contributed by atoms with Crippen LogP contribution in [0.3, 0.4) is 0 Å². The number of benzene rings is 1. The van der Waals surface area contributed by atoms with Gasteiger partial charge in [0.1, 0.15) is 0 Å². The summed E-state index contributed by atoms with van der Waals surface area (Å²) in [5.41, 5.74) is 1.63. The van der Waals surface area contributed by atoms with Gasteiger partial charge in [0, 0.05) is 0 Å². The number of hydrogen-bond donors (Lipinski definition) is 0. The van der Waals surface area contributed by atoms with Crippen LogP contribution in [-0.2, 0) is 4.79 Å². The van der Waals surface area contributed by atoms with Gasteiger partial charge >= 0.3 is 0 Å². The molecular formula is C9H8NO. The molecular weight excluding hydrogens is 138 g/mol. The molecule has 0 heterocycles. The topological polar surface area (TPSA) is 29.4 Å². The highest BCUT2D eigenvalue weighted by atomic mass is 16.1. The van der Waals surface area contributed by atoms with E-state index in [1.165, 1.54) is 6.08 Å². The molecule has 0 saturated heterocycles. The third-order valence-corrected chi connectivity index (χ3v) is 1.41. The number of para-hydroxylation sites is 1. The van der Waals surface area contributed by atoms with Gasteiger partial charge in [-0.3, -0.25) is 0 Å². The molecule has 0 aliphatic rings. The molecule has 0 bridgehead atoms. The van der Waals surface area contributed by atoms with E-state index in [4.69, 9.17) is 0 Å². The predicted molar refractivity (Wildman–Crippen MR) is 43.3 cm³/mol. The van der Waals surface area contributed by atoms with Crippen molar-refractivity contribution in [1.82, 2.24) is 0 Å². The van der Waals surface area contributed by atoms with Crippen molar-refractivity contribution in [3.05, 3.63) is 36.2 Å². The Kier molecular flexibility index (Phi) is 2.59. The molecule has 0 spiro atoms. The first-order valence-corrected chi connectivity index (χ1v) is 3.34. The molecule has 1 aromatic rings. The van der Waals surface area contributed by atoms with Crippen molar-refractivity contribution in [3.8, 4) is 0 Å². The van der Waals surface area contributed by atoms with E-state index in [0.717, 1.165) is 5.56 Å². The van der Waals surface area contributed by atoms with Crippen LogP contribution in [0.25, 0.3) is 0 Å². The fourth-order valence-corrected chi connectivity index (χ4v) is 0.883. The Labute approximate surface area is 65.6 Å². The minimum atomic E-state index is 0.671. The largest absolute Gasteiger partial charge is 0.240 e. The molecule has 0 unspecified atom stereocenters. The van der Waals surface area contributed by atoms with Crippen LogP contribution in [0.15, 0.2) is 29.3 Å². The van der Waals surface area contributed by atoms with Crippen molar-refractivity contribution in [2.24, 2.45) is 4.99 Å². The first-order valence-electron chi connectivity index (χ1n) is 3.34. The maximum absolute atomic E-state index is 9.94. The fraction of sp³-hybridized carbons (Fsp3) is 0.111. The minimum absolute atomic E-state index is 0.671. The molecule has 1 radical (unpaired) electrons. The summed E-state index contributed by atoms with van der Waals surface area (Å²) in [6.45, 7) is 1.90. The van der Waals surface area contributed by atoms with Gasteiger partial charge in [0.25, 0.3) is 0 Å². The quantitative estimate of drug-likeness (QED) is 0.464. The fourth-order valence-electron chi connectivity index (χ4n) is 0.883. The number of carbonyl (C=O) groups excluding carboxylic acids is 1. The van der Waals surface area contributed by atoms with Gasteiger partial charge in [0.15, 0.2) is 0 Å². The predicted octanol–water partition coefficient (Wildman–Crippen LogP) is 2.23. The lowest BCUT2D eigenvalue weighted by atomic mass is 10.1. The molecule has 11 heavy (non-hydrogen) atoms. The number of hydrogen-bond acceptors (Lipinski definition) is 2. The second-order valence-corrected chi connectivity index (χ2v) is 2.05. The van der Waals surface area contributed by atoms with Crippen LogP contribution in [0.1, 0.15) is 12.5 Å². The second kappa shape index (κ2) is 3.69. The average Bonchev–Trinajstić information content (AvgIpc) is 2.06. The van der Waals surface area contributed by atoms with E-state index in [2.05, 4.69) is 4.99 Å². The van der Waals surface area contributed by atoms with Crippen LogP contribution >= 0.6 is 0 Å². The number of isocyanates is 1. The summed E-state index contributed by atoms with van der Waals surface area (Å²) < 4.78 is 0. The van der Waals surface area contributed by atoms with Gasteiger partial charge in [-0.2, -0.15) is 4.99 Å². The standard InChI is InChI=1S/C9H8NO/c1-2-8-5-3-4-6-9(8)10-7-11/h2-6H,1H3. The lowest BCUT2D eigenvalue weighted by molar-refractivity contribution is 0.565. The zero-order valence-electron chi connectivity index (χ0n) is 6.24. The van der Waals surface area contributed by atoms with Crippen molar-refractivity contribution < 1.29 is 4.79 Å². The van der Waals surface area contributed by atoms with Crippen LogP contribution < -0.4 is 0 Å². The van der Waals surface area contributed by atoms with Gasteiger partial charge in [-0.1, -0.05) is 25.1 Å². The summed E-state index contributed by atoms with van der Waals surface area (Å²) in [5.74, 6) is 0. The van der Waals surface area contributed by atoms with Crippen molar-refractivity contribution in [2.45, 2.75) is 6.92 Å². The summed E-state index contributed by atoms with van der Waals surface area (Å²) in [6, 6.07) is 7.42. The highest BCUT2D eigenvalue weighted by Gasteiger charge is 1.95. The van der Waals surface area contributed by atoms with Crippen molar-refractivity contribution in [3.63, 3.8) is 0 Å². The Morgan fingerprint density at radius 3 is 2.82 bits per heavy atom. The first-order chi connectivity index (χ1) is 5.38. The van der Waals surface area contributed by atoms with Gasteiger partial charge in [0.2, 0.25) is 6.08 Å². The molecule has 0 aromatic heterocycles. The summed E-state index contributed by atoms with van der Waals surface area (Å²) in [4.78, 5) is 13.5. The van der Waals surface area contributed by atoms with E-state index in [1.54, 1.807) is 6.07 Å². The second-order valence-electron chi connectivity index (χ2n) is 2.05. The first kappa shape index (κ1) is 7.70. The van der Waals surface area contributed by atoms with Gasteiger partial charge in [-0.15, -0.1) is 0 Å². The van der Waals surface area contributed by atoms with E-state index >= 15 is 0 Å². The van der Waals surface area contributed by atoms with Crippen LogP contribution in [0, 0.1) is 6.42 Å². The summed E-state index contributed by atoms with van der Waals surface area (Å²) in [6.07, 6.45) is 3.41. The Morgan fingerprint density at radius 1 is 1.45 bits per heavy atom. The molecule has 0 N–H and O–H groups in total. The van der Waals surface area contributed by atoms with E-state index in [1.807, 2.05) is 31.5 Å². The molecule has 2 nitrogen and oxygen atoms in total. The molecule has 1 aromatic carbocycles. The van der Waals surface area contributed by atoms with Crippen LogP contribution in [0.5, 0.6) is 0 Å². The Morgan fingerprint density at radius 2 is 2.18 bits per heavy atom. The Bertz CT molecular complexity index is 287. The molecule has 0 amide bonds. The van der Waals surface area contributed by atoms with Gasteiger partial charge in [-0.05, 0) is 18.1 Å². The molecule has 0 aliphatic carbocycles. The highest BCUT2D eigenvalue weighted by Crippen LogP contribution is 2.18. The van der Waals surface area contributed by atoms with Crippen molar-refractivity contribution in [2.75, 3.05) is 0 Å². The third-order valence-electron chi connectivity index (χ3n) is 1.41. The normalized spacial score (nSPS) is 8.82. The van der Waals surface area contributed by atoms with Gasteiger partial charge in [-0.25, -0.2) is 4.79 Å². The molecule has 1 rings (SSSR count). The number of rotatable bonds is 2. The van der Waals surface area contributed by atoms with Crippen LogP contribution in [0.2, 0.25) is 0 Å². The molecule has 2 heteroatoms. The van der Waals surface area contributed by atoms with E-state index in [9.17, 15) is 4.79 Å². The maximum Gasteiger partial charge on any atom is 0.240 e. The van der Waals surface area contributed by atoms with Crippen LogP contribution in [0.4, 0.5) is 5.69 Å². The zero-order chi connectivity index (χ0) is 8.10. The zero-order valence-corrected chi connectivity index (χ0v) is 6.24. The summed E-state index contributed by atoms with van der Waals surface area (Å²) in [7, 11) is 0. The molecule has 0 aliphatic heterocycles. The molecule has 55 valence electrons. The molecule has 0 atom stereocenters. The summed E-state index contributed by atoms with van der Waals surface area (Å²) in [5, 5.41) is 0. The Balaban J connectivity index is 3.11. The van der Waals surface area contributed by atoms with E-state index < -0.39 is 0 Å². The molecule has 0 saturated carbocycles. The van der Waals surface area contributed by atoms with Crippen molar-refractivity contribution >= 4 is 11.8 Å². The number of nitrogens with zero attached hydrogens (tertiary/aromatic N) is 1.